The quantitative estimate of drug-likeness (QED) is 0.688. The Kier molecular flexibility index (Phi) is 2.94. The molecule has 7 heteroatoms. The number of carbonyl (C=O) groups is 1. The van der Waals surface area contributed by atoms with Crippen molar-refractivity contribution < 1.29 is 14.6 Å². The predicted molar refractivity (Wildman–Crippen MR) is 73.8 cm³/mol. The molecule has 1 aromatic rings. The van der Waals surface area contributed by atoms with Crippen LogP contribution in [-0.2, 0) is 4.74 Å². The van der Waals surface area contributed by atoms with Gasteiger partial charge in [0.2, 0.25) is 0 Å². The van der Waals surface area contributed by atoms with Crippen molar-refractivity contribution in [2.45, 2.75) is 0 Å². The van der Waals surface area contributed by atoms with Gasteiger partial charge in [-0.1, -0.05) is 0 Å². The van der Waals surface area contributed by atoms with E-state index in [2.05, 4.69) is 10.2 Å². The largest absolute Gasteiger partial charge is 0.508 e. The van der Waals surface area contributed by atoms with Gasteiger partial charge in [-0.25, -0.2) is 9.89 Å². The van der Waals surface area contributed by atoms with Crippen molar-refractivity contribution in [1.29, 1.82) is 0 Å². The number of hydrogen-bond donors (Lipinski definition) is 2. The summed E-state index contributed by atoms with van der Waals surface area (Å²) in [6.45, 7) is 0. The molecule has 21 heavy (non-hydrogen) atoms. The smallest absolute Gasteiger partial charge is 0.341 e. The predicted octanol–water partition coefficient (Wildman–Crippen LogP) is 1.16. The molecule has 2 heterocycles. The topological polar surface area (TPSA) is 97.2 Å². The van der Waals surface area contributed by atoms with Crippen molar-refractivity contribution in [2.24, 2.45) is 0 Å². The molecule has 0 amide bonds. The van der Waals surface area contributed by atoms with Gasteiger partial charge in [0, 0.05) is 18.1 Å². The molecule has 0 unspecified atom stereocenters. The summed E-state index contributed by atoms with van der Waals surface area (Å²) in [6, 6.07) is 6.34. The number of rotatable bonds is 2. The molecule has 2 aliphatic rings. The van der Waals surface area contributed by atoms with Crippen LogP contribution in [0, 0.1) is 0 Å². The molecular weight excluding hydrogens is 274 g/mol. The fourth-order valence-corrected chi connectivity index (χ4v) is 2.07. The van der Waals surface area contributed by atoms with E-state index in [1.54, 1.807) is 22.9 Å². The van der Waals surface area contributed by atoms with E-state index in [0.717, 1.165) is 0 Å². The number of methoxy groups -OCH3 is 1. The van der Waals surface area contributed by atoms with E-state index >= 15 is 0 Å². The number of aromatic hydroxyl groups is 1. The Morgan fingerprint density at radius 1 is 1.29 bits per heavy atom. The number of ether oxygens (including phenoxy) is 1. The van der Waals surface area contributed by atoms with Crippen LogP contribution in [0.4, 0.5) is 0 Å². The lowest BCUT2D eigenvalue weighted by Crippen LogP contribution is -2.11. The number of aromatic amines is 1. The van der Waals surface area contributed by atoms with E-state index in [1.807, 2.05) is 0 Å². The number of phenols is 1. The van der Waals surface area contributed by atoms with Crippen LogP contribution in [0.2, 0.25) is 0 Å². The number of benzene rings is 1. The van der Waals surface area contributed by atoms with Crippen LogP contribution in [0.25, 0.3) is 16.9 Å². The standard InChI is InChI=1S/C14H11N3O4/c1-21-14(20)11-7-17(8-2-4-9(18)5-3-8)6-10-12(11)15-16-13(10)19/h2-7,18H,1H3,(H,16,19). The van der Waals surface area contributed by atoms with Gasteiger partial charge in [-0.15, -0.1) is 0 Å². The molecule has 0 radical (unpaired) electrons. The summed E-state index contributed by atoms with van der Waals surface area (Å²) in [5.41, 5.74) is 1.03. The van der Waals surface area contributed by atoms with Crippen LogP contribution in [-0.4, -0.2) is 33.0 Å². The summed E-state index contributed by atoms with van der Waals surface area (Å²) in [5, 5.41) is 15.5. The monoisotopic (exact) mass is 285 g/mol. The highest BCUT2D eigenvalue weighted by atomic mass is 16.5. The Balaban J connectivity index is 2.26. The molecule has 7 nitrogen and oxygen atoms in total. The molecule has 0 aliphatic carbocycles. The van der Waals surface area contributed by atoms with Crippen LogP contribution >= 0.6 is 0 Å². The Bertz CT molecular complexity index is 832. The zero-order chi connectivity index (χ0) is 15.0. The lowest BCUT2D eigenvalue weighted by molar-refractivity contribution is 0.0600. The summed E-state index contributed by atoms with van der Waals surface area (Å²) < 4.78 is 6.32. The van der Waals surface area contributed by atoms with Crippen molar-refractivity contribution in [3.05, 3.63) is 52.6 Å². The van der Waals surface area contributed by atoms with Crippen LogP contribution in [0.5, 0.6) is 5.75 Å². The number of hydrogen-bond acceptors (Lipinski definition) is 5. The van der Waals surface area contributed by atoms with Crippen LogP contribution in [0.15, 0.2) is 41.5 Å². The van der Waals surface area contributed by atoms with Gasteiger partial charge in [0.15, 0.2) is 0 Å². The molecule has 0 spiro atoms. The van der Waals surface area contributed by atoms with E-state index in [9.17, 15) is 14.7 Å². The summed E-state index contributed by atoms with van der Waals surface area (Å²) in [4.78, 5) is 23.6. The van der Waals surface area contributed by atoms with E-state index in [0.29, 0.717) is 5.69 Å². The van der Waals surface area contributed by atoms with Crippen LogP contribution in [0.1, 0.15) is 10.4 Å². The maximum atomic E-state index is 11.8. The third kappa shape index (κ3) is 2.14. The first kappa shape index (κ1) is 12.9. The molecule has 0 saturated heterocycles. The number of esters is 1. The minimum absolute atomic E-state index is 0.126. The van der Waals surface area contributed by atoms with E-state index in [1.165, 1.54) is 25.4 Å². The highest BCUT2D eigenvalue weighted by molar-refractivity contribution is 5.96. The molecule has 106 valence electrons. The molecule has 1 aromatic carbocycles. The Morgan fingerprint density at radius 2 is 2.00 bits per heavy atom. The molecule has 0 saturated carbocycles. The summed E-state index contributed by atoms with van der Waals surface area (Å²) in [7, 11) is 1.26. The Hall–Kier alpha value is -3.09. The van der Waals surface area contributed by atoms with E-state index in [-0.39, 0.29) is 28.1 Å². The van der Waals surface area contributed by atoms with Crippen molar-refractivity contribution in [2.75, 3.05) is 7.11 Å². The van der Waals surface area contributed by atoms with Gasteiger partial charge in [0.1, 0.15) is 17.0 Å². The maximum absolute atomic E-state index is 11.8. The van der Waals surface area contributed by atoms with Gasteiger partial charge in [0.05, 0.1) is 12.7 Å². The minimum atomic E-state index is -0.584. The van der Waals surface area contributed by atoms with Gasteiger partial charge in [-0.05, 0) is 24.3 Å². The molecular formula is C14H11N3O4. The van der Waals surface area contributed by atoms with Gasteiger partial charge in [0.25, 0.3) is 5.56 Å². The van der Waals surface area contributed by atoms with Crippen LogP contribution < -0.4 is 5.56 Å². The SMILES string of the molecule is COC(=O)c1cn(-c2ccc(O)cc2)cc2c(=O)[nH]nc1-2. The zero-order valence-electron chi connectivity index (χ0n) is 11.0. The average molecular weight is 285 g/mol. The number of H-pyrrole nitrogens is 1. The molecule has 0 aromatic heterocycles. The summed E-state index contributed by atoms with van der Waals surface area (Å²) >= 11 is 0. The second-order valence-corrected chi connectivity index (χ2v) is 4.40. The Labute approximate surface area is 118 Å². The average Bonchev–Trinajstić information content (AvgIpc) is 2.88. The Morgan fingerprint density at radius 3 is 2.67 bits per heavy atom. The van der Waals surface area contributed by atoms with Crippen molar-refractivity contribution >= 4 is 5.97 Å². The number of carbonyl (C=O) groups excluding carboxylic acids is 1. The molecule has 0 atom stereocenters. The van der Waals surface area contributed by atoms with Crippen LogP contribution in [0.3, 0.4) is 0 Å². The lowest BCUT2D eigenvalue weighted by Gasteiger charge is -2.11. The molecule has 2 aliphatic heterocycles. The van der Waals surface area contributed by atoms with E-state index < -0.39 is 5.97 Å². The van der Waals surface area contributed by atoms with Crippen molar-refractivity contribution in [3.63, 3.8) is 0 Å². The third-order valence-electron chi connectivity index (χ3n) is 3.11. The van der Waals surface area contributed by atoms with E-state index in [4.69, 9.17) is 4.74 Å². The fraction of sp³-hybridized carbons (Fsp3) is 0.0714. The maximum Gasteiger partial charge on any atom is 0.341 e. The summed E-state index contributed by atoms with van der Waals surface area (Å²) in [5.74, 6) is -0.457. The van der Waals surface area contributed by atoms with Crippen molar-refractivity contribution in [3.8, 4) is 22.7 Å². The van der Waals surface area contributed by atoms with Gasteiger partial charge < -0.3 is 14.4 Å². The lowest BCUT2D eigenvalue weighted by atomic mass is 10.1. The molecule has 0 fully saturated rings. The minimum Gasteiger partial charge on any atom is -0.508 e. The van der Waals surface area contributed by atoms with Gasteiger partial charge in [-0.2, -0.15) is 5.10 Å². The number of pyridine rings is 1. The number of nitrogens with one attached hydrogen (secondary N) is 1. The highest BCUT2D eigenvalue weighted by Crippen LogP contribution is 2.23. The first-order valence-corrected chi connectivity index (χ1v) is 6.08. The number of phenolic OH excluding ortho intramolecular Hbond substituents is 1. The van der Waals surface area contributed by atoms with Gasteiger partial charge >= 0.3 is 5.97 Å². The van der Waals surface area contributed by atoms with Gasteiger partial charge in [-0.3, -0.25) is 4.79 Å². The fourth-order valence-electron chi connectivity index (χ4n) is 2.07. The first-order chi connectivity index (χ1) is 10.1. The second kappa shape index (κ2) is 4.78. The number of nitrogens with zero attached hydrogens (tertiary/aromatic N) is 2. The molecule has 3 rings (SSSR count). The first-order valence-electron chi connectivity index (χ1n) is 6.08. The summed E-state index contributed by atoms with van der Waals surface area (Å²) in [6.07, 6.45) is 3.10. The zero-order valence-corrected chi connectivity index (χ0v) is 11.0. The third-order valence-corrected chi connectivity index (χ3v) is 3.11. The molecule has 2 N–H and O–H groups in total. The molecule has 0 bridgehead atoms. The van der Waals surface area contributed by atoms with Crippen molar-refractivity contribution in [1.82, 2.24) is 14.8 Å². The normalized spacial score (nSPS) is 10.7. The second-order valence-electron chi connectivity index (χ2n) is 4.40. The number of aromatic nitrogens is 3. The highest BCUT2D eigenvalue weighted by Gasteiger charge is 2.22. The number of fused-ring (bicyclic) bond motifs is 1.